The maximum absolute atomic E-state index is 13.1. The molecule has 0 unspecified atom stereocenters. The molecule has 282 valence electrons. The van der Waals surface area contributed by atoms with Crippen molar-refractivity contribution in [1.82, 2.24) is 0 Å². The number of carbonyl (C=O) groups excluding carboxylic acids is 2. The predicted molar refractivity (Wildman–Crippen MR) is 208 cm³/mol. The highest BCUT2D eigenvalue weighted by Gasteiger charge is 2.20. The van der Waals surface area contributed by atoms with E-state index in [4.69, 9.17) is 65.4 Å². The van der Waals surface area contributed by atoms with Crippen LogP contribution in [0.5, 0.6) is 23.0 Å². The van der Waals surface area contributed by atoms with Crippen molar-refractivity contribution in [2.75, 3.05) is 39.1 Å². The third kappa shape index (κ3) is 9.90. The van der Waals surface area contributed by atoms with E-state index < -0.39 is 23.3 Å². The summed E-state index contributed by atoms with van der Waals surface area (Å²) in [7, 11) is 5.64. The fourth-order valence-corrected chi connectivity index (χ4v) is 5.48. The lowest BCUT2D eigenvalue weighted by Crippen LogP contribution is -2.15. The van der Waals surface area contributed by atoms with Gasteiger partial charge in [-0.15, -0.1) is 20.5 Å². The van der Waals surface area contributed by atoms with E-state index in [1.807, 2.05) is 0 Å². The molecule has 4 aromatic carbocycles. The number of allylic oxidation sites excluding steroid dienone is 2. The lowest BCUT2D eigenvalue weighted by Gasteiger charge is -2.13. The number of ether oxygens (including phenoxy) is 4. The van der Waals surface area contributed by atoms with Crippen molar-refractivity contribution in [1.29, 1.82) is 0 Å². The normalized spacial score (nSPS) is 12.3. The zero-order valence-electron chi connectivity index (χ0n) is 29.4. The minimum atomic E-state index is -0.791. The molecule has 0 bridgehead atoms. The summed E-state index contributed by atoms with van der Waals surface area (Å²) in [5.41, 5.74) is 1.32. The Kier molecular flexibility index (Phi) is 14.1. The minimum Gasteiger partial charge on any atom is -0.510 e. The zero-order valence-corrected chi connectivity index (χ0v) is 32.4. The molecule has 4 aromatic rings. The number of nitrogens with zero attached hydrogens (tertiary/aromatic N) is 4. The molecule has 54 heavy (non-hydrogen) atoms. The van der Waals surface area contributed by atoms with Gasteiger partial charge in [0.25, 0.3) is 11.8 Å². The monoisotopic (exact) mass is 816 g/mol. The molecule has 0 atom stereocenters. The number of nitrogens with one attached hydrogen (secondary N) is 2. The van der Waals surface area contributed by atoms with E-state index in [1.165, 1.54) is 66.6 Å². The molecule has 0 fully saturated rings. The van der Waals surface area contributed by atoms with Gasteiger partial charge in [-0.25, -0.2) is 0 Å². The molecular formula is C36H32Cl4N6O8. The van der Waals surface area contributed by atoms with Gasteiger partial charge < -0.3 is 39.8 Å². The molecule has 0 saturated heterocycles. The number of methoxy groups -OCH3 is 4. The number of aliphatic hydroxyl groups excluding tert-OH is 2. The van der Waals surface area contributed by atoms with Crippen LogP contribution in [0.3, 0.4) is 0 Å². The number of anilines is 2. The summed E-state index contributed by atoms with van der Waals surface area (Å²) in [5, 5.41) is 42.6. The van der Waals surface area contributed by atoms with Crippen LogP contribution in [0, 0.1) is 0 Å². The Balaban J connectivity index is 1.51. The smallest absolute Gasteiger partial charge is 0.279 e. The van der Waals surface area contributed by atoms with Gasteiger partial charge >= 0.3 is 0 Å². The topological polar surface area (TPSA) is 185 Å². The van der Waals surface area contributed by atoms with Crippen molar-refractivity contribution in [2.24, 2.45) is 20.5 Å². The number of rotatable bonds is 13. The Morgan fingerprint density at radius 2 is 0.889 bits per heavy atom. The van der Waals surface area contributed by atoms with Crippen LogP contribution < -0.4 is 29.6 Å². The third-order valence-corrected chi connectivity index (χ3v) is 8.50. The van der Waals surface area contributed by atoms with E-state index in [9.17, 15) is 19.8 Å². The number of carbonyl (C=O) groups is 2. The van der Waals surface area contributed by atoms with E-state index in [0.29, 0.717) is 11.1 Å². The second-order valence-electron chi connectivity index (χ2n) is 10.9. The van der Waals surface area contributed by atoms with Crippen LogP contribution in [0.15, 0.2) is 104 Å². The van der Waals surface area contributed by atoms with Crippen molar-refractivity contribution in [2.45, 2.75) is 13.8 Å². The molecule has 0 heterocycles. The summed E-state index contributed by atoms with van der Waals surface area (Å²) in [6.45, 7) is 2.55. The fraction of sp³-hybridized carbons (Fsp3) is 0.167. The van der Waals surface area contributed by atoms with Crippen molar-refractivity contribution in [3.05, 3.63) is 104 Å². The maximum Gasteiger partial charge on any atom is 0.279 e. The molecule has 0 aliphatic carbocycles. The highest BCUT2D eigenvalue weighted by molar-refractivity contribution is 6.34. The van der Waals surface area contributed by atoms with Crippen LogP contribution in [0.4, 0.5) is 22.7 Å². The number of halogens is 4. The zero-order chi connectivity index (χ0) is 39.7. The van der Waals surface area contributed by atoms with Gasteiger partial charge in [0.1, 0.15) is 45.9 Å². The Morgan fingerprint density at radius 3 is 1.19 bits per heavy atom. The van der Waals surface area contributed by atoms with Crippen LogP contribution >= 0.6 is 46.4 Å². The third-order valence-electron chi connectivity index (χ3n) is 7.30. The van der Waals surface area contributed by atoms with Gasteiger partial charge in [0.15, 0.2) is 11.4 Å². The first kappa shape index (κ1) is 41.2. The lowest BCUT2D eigenvalue weighted by molar-refractivity contribution is -0.113. The lowest BCUT2D eigenvalue weighted by atomic mass is 10.1. The van der Waals surface area contributed by atoms with Crippen LogP contribution in [-0.4, -0.2) is 50.5 Å². The van der Waals surface area contributed by atoms with Crippen LogP contribution in [0.1, 0.15) is 13.8 Å². The van der Waals surface area contributed by atoms with Gasteiger partial charge in [0, 0.05) is 24.3 Å². The molecule has 0 spiro atoms. The fourth-order valence-electron chi connectivity index (χ4n) is 4.59. The van der Waals surface area contributed by atoms with E-state index in [-0.39, 0.29) is 77.2 Å². The molecule has 0 saturated carbocycles. The maximum atomic E-state index is 13.1. The number of aliphatic hydroxyl groups is 2. The van der Waals surface area contributed by atoms with Gasteiger partial charge in [-0.3, -0.25) is 9.59 Å². The van der Waals surface area contributed by atoms with Gasteiger partial charge in [0.05, 0.1) is 59.9 Å². The highest BCUT2D eigenvalue weighted by Crippen LogP contribution is 2.39. The first-order valence-electron chi connectivity index (χ1n) is 15.4. The Labute approximate surface area is 329 Å². The summed E-state index contributed by atoms with van der Waals surface area (Å²) in [5.74, 6) is -1.32. The largest absolute Gasteiger partial charge is 0.510 e. The SMILES string of the molecule is COc1cc(NC(=O)/C(N=Nc2ccc(-c3ccc(N=N/C(C(=O)Nc4cc(OC)c(Cl)cc4OC)=C(/C)O)c(Cl)c3)cc2Cl)=C(\C)O)c(OC)cc1Cl. The number of hydrogen-bond acceptors (Lipinski definition) is 12. The Bertz CT molecular complexity index is 2060. The van der Waals surface area contributed by atoms with Crippen molar-refractivity contribution in [3.63, 3.8) is 0 Å². The second-order valence-corrected chi connectivity index (χ2v) is 12.5. The molecule has 4 N–H and O–H groups in total. The van der Waals surface area contributed by atoms with Crippen molar-refractivity contribution >= 4 is 81.0 Å². The van der Waals surface area contributed by atoms with E-state index in [2.05, 4.69) is 31.1 Å². The van der Waals surface area contributed by atoms with Crippen LogP contribution in [0.25, 0.3) is 11.1 Å². The Morgan fingerprint density at radius 1 is 0.537 bits per heavy atom. The molecule has 0 radical (unpaired) electrons. The second kappa shape index (κ2) is 18.5. The molecule has 2 amide bonds. The number of hydrogen-bond donors (Lipinski definition) is 4. The molecule has 18 heteroatoms. The van der Waals surface area contributed by atoms with Gasteiger partial charge in [0.2, 0.25) is 0 Å². The summed E-state index contributed by atoms with van der Waals surface area (Å²) in [6, 6.07) is 15.5. The number of benzene rings is 4. The van der Waals surface area contributed by atoms with Gasteiger partial charge in [-0.2, -0.15) is 0 Å². The summed E-state index contributed by atoms with van der Waals surface area (Å²) >= 11 is 25.4. The summed E-state index contributed by atoms with van der Waals surface area (Å²) < 4.78 is 21.0. The standard InChI is InChI=1S/C36H32Cl4N6O8/c1-17(47)33(35(49)41-27-15-29(51-3)23(39)13-31(27)53-5)45-43-25-9-7-19(11-21(25)37)20-8-10-26(22(38)12-20)44-46-34(18(2)48)36(50)42-28-16-30(52-4)24(40)14-32(28)54-6/h7-16,47-48H,1-6H3,(H,41,49)(H,42,50)/b33-17-,34-18-,45-43?,46-44?. The van der Waals surface area contributed by atoms with Crippen LogP contribution in [-0.2, 0) is 9.59 Å². The molecule has 0 aliphatic rings. The van der Waals surface area contributed by atoms with Crippen LogP contribution in [0.2, 0.25) is 20.1 Å². The first-order valence-corrected chi connectivity index (χ1v) is 16.9. The first-order chi connectivity index (χ1) is 25.7. The number of amides is 2. The molecule has 0 aromatic heterocycles. The minimum absolute atomic E-state index is 0.171. The quantitative estimate of drug-likeness (QED) is 0.0583. The molecule has 14 nitrogen and oxygen atoms in total. The average Bonchev–Trinajstić information content (AvgIpc) is 3.13. The van der Waals surface area contributed by atoms with Gasteiger partial charge in [-0.05, 0) is 49.2 Å². The molecule has 4 rings (SSSR count). The van der Waals surface area contributed by atoms with Gasteiger partial charge in [-0.1, -0.05) is 58.5 Å². The molecule has 0 aliphatic heterocycles. The molecular weight excluding hydrogens is 786 g/mol. The van der Waals surface area contributed by atoms with Crippen molar-refractivity contribution in [3.8, 4) is 34.1 Å². The van der Waals surface area contributed by atoms with E-state index >= 15 is 0 Å². The summed E-state index contributed by atoms with van der Waals surface area (Å²) in [6.07, 6.45) is 0. The predicted octanol–water partition coefficient (Wildman–Crippen LogP) is 11.0. The number of azo groups is 2. The average molecular weight is 818 g/mol. The van der Waals surface area contributed by atoms with Crippen molar-refractivity contribution < 1.29 is 38.7 Å². The summed E-state index contributed by atoms with van der Waals surface area (Å²) in [4.78, 5) is 26.1. The highest BCUT2D eigenvalue weighted by atomic mass is 35.5. The van der Waals surface area contributed by atoms with E-state index in [1.54, 1.807) is 36.4 Å². The Hall–Kier alpha value is -5.54. The van der Waals surface area contributed by atoms with E-state index in [0.717, 1.165) is 0 Å².